The Morgan fingerprint density at radius 1 is 1.16 bits per heavy atom. The van der Waals surface area contributed by atoms with Crippen molar-refractivity contribution >= 4 is 0 Å². The van der Waals surface area contributed by atoms with Crippen LogP contribution in [-0.4, -0.2) is 26.6 Å². The zero-order valence-electron chi connectivity index (χ0n) is 14.4. The summed E-state index contributed by atoms with van der Waals surface area (Å²) in [7, 11) is 0. The van der Waals surface area contributed by atoms with Crippen LogP contribution in [0.25, 0.3) is 11.4 Å². The Balaban J connectivity index is 1.57. The van der Waals surface area contributed by atoms with E-state index in [1.807, 2.05) is 12.1 Å². The first-order chi connectivity index (χ1) is 12.3. The number of likely N-dealkylation sites (tertiary alicyclic amines) is 1. The number of pyridine rings is 1. The first-order valence-corrected chi connectivity index (χ1v) is 8.84. The van der Waals surface area contributed by atoms with Crippen LogP contribution in [0, 0.1) is 6.92 Å². The lowest BCUT2D eigenvalue weighted by atomic mass is 10.00. The van der Waals surface area contributed by atoms with Crippen LogP contribution in [0.1, 0.15) is 42.3 Å². The zero-order chi connectivity index (χ0) is 17.1. The molecule has 4 rings (SSSR count). The van der Waals surface area contributed by atoms with Gasteiger partial charge in [0.25, 0.3) is 0 Å². The molecule has 0 spiro atoms. The fourth-order valence-corrected chi connectivity index (χ4v) is 3.45. The summed E-state index contributed by atoms with van der Waals surface area (Å²) in [6.07, 6.45) is 6.97. The molecular weight excluding hydrogens is 312 g/mol. The molecule has 1 atom stereocenters. The van der Waals surface area contributed by atoms with Crippen LogP contribution < -0.4 is 0 Å². The smallest absolute Gasteiger partial charge is 0.244 e. The fourth-order valence-electron chi connectivity index (χ4n) is 3.45. The molecule has 1 saturated heterocycles. The van der Waals surface area contributed by atoms with Gasteiger partial charge in [-0.3, -0.25) is 9.88 Å². The third-order valence-corrected chi connectivity index (χ3v) is 4.89. The highest BCUT2D eigenvalue weighted by molar-refractivity contribution is 5.51. The maximum Gasteiger partial charge on any atom is 0.244 e. The normalized spacial score (nSPS) is 18.4. The second kappa shape index (κ2) is 7.15. The van der Waals surface area contributed by atoms with E-state index >= 15 is 0 Å². The van der Waals surface area contributed by atoms with Crippen molar-refractivity contribution < 1.29 is 4.52 Å². The predicted molar refractivity (Wildman–Crippen MR) is 95.7 cm³/mol. The van der Waals surface area contributed by atoms with Crippen molar-refractivity contribution in [3.63, 3.8) is 0 Å². The Hall–Kier alpha value is -2.53. The Bertz CT molecular complexity index is 830. The highest BCUT2D eigenvalue weighted by Crippen LogP contribution is 2.32. The van der Waals surface area contributed by atoms with Crippen LogP contribution in [0.15, 0.2) is 53.3 Å². The molecule has 1 aliphatic heterocycles. The van der Waals surface area contributed by atoms with Crippen molar-refractivity contribution in [3.05, 3.63) is 65.8 Å². The van der Waals surface area contributed by atoms with Gasteiger partial charge in [-0.05, 0) is 49.6 Å². The maximum absolute atomic E-state index is 5.63. The standard InChI is InChI=1S/C20H22N4O/c1-15-7-2-3-8-17(15)14-24-12-5-4-10-18(24)20-22-19(23-25-20)16-9-6-11-21-13-16/h2-3,6-9,11,13,18H,4-5,10,12,14H2,1H3/t18-/m0/s1. The number of nitrogens with zero attached hydrogens (tertiary/aromatic N) is 4. The first-order valence-electron chi connectivity index (χ1n) is 8.84. The van der Waals surface area contributed by atoms with Gasteiger partial charge in [-0.1, -0.05) is 35.8 Å². The predicted octanol–water partition coefficient (Wildman–Crippen LogP) is 4.17. The van der Waals surface area contributed by atoms with Gasteiger partial charge in [0, 0.05) is 24.5 Å². The van der Waals surface area contributed by atoms with Crippen LogP contribution in [-0.2, 0) is 6.54 Å². The topological polar surface area (TPSA) is 55.1 Å². The van der Waals surface area contributed by atoms with Crippen LogP contribution in [0.3, 0.4) is 0 Å². The average Bonchev–Trinajstić information content (AvgIpc) is 3.15. The van der Waals surface area contributed by atoms with E-state index in [4.69, 9.17) is 4.52 Å². The summed E-state index contributed by atoms with van der Waals surface area (Å²) in [5.41, 5.74) is 3.58. The highest BCUT2D eigenvalue weighted by atomic mass is 16.5. The zero-order valence-corrected chi connectivity index (χ0v) is 14.4. The summed E-state index contributed by atoms with van der Waals surface area (Å²) < 4.78 is 5.63. The molecule has 0 amide bonds. The van der Waals surface area contributed by atoms with Crippen molar-refractivity contribution in [1.29, 1.82) is 0 Å². The van der Waals surface area contributed by atoms with E-state index in [1.165, 1.54) is 24.0 Å². The molecule has 3 heterocycles. The van der Waals surface area contributed by atoms with Crippen molar-refractivity contribution in [3.8, 4) is 11.4 Å². The van der Waals surface area contributed by atoms with Crippen LogP contribution >= 0.6 is 0 Å². The maximum atomic E-state index is 5.63. The van der Waals surface area contributed by atoms with E-state index in [2.05, 4.69) is 51.2 Å². The fraction of sp³-hybridized carbons (Fsp3) is 0.350. The lowest BCUT2D eigenvalue weighted by Gasteiger charge is -2.33. The van der Waals surface area contributed by atoms with Crippen LogP contribution in [0.2, 0.25) is 0 Å². The molecule has 5 heteroatoms. The van der Waals surface area contributed by atoms with E-state index in [0.717, 1.165) is 25.1 Å². The number of rotatable bonds is 4. The molecule has 2 aromatic heterocycles. The van der Waals surface area contributed by atoms with Gasteiger partial charge in [-0.2, -0.15) is 4.98 Å². The second-order valence-corrected chi connectivity index (χ2v) is 6.61. The third-order valence-electron chi connectivity index (χ3n) is 4.89. The quantitative estimate of drug-likeness (QED) is 0.717. The van der Waals surface area contributed by atoms with Gasteiger partial charge in [0.05, 0.1) is 6.04 Å². The summed E-state index contributed by atoms with van der Waals surface area (Å²) in [6, 6.07) is 12.6. The van der Waals surface area contributed by atoms with E-state index in [0.29, 0.717) is 11.7 Å². The van der Waals surface area contributed by atoms with Gasteiger partial charge in [-0.25, -0.2) is 0 Å². The van der Waals surface area contributed by atoms with Gasteiger partial charge in [0.15, 0.2) is 0 Å². The molecule has 3 aromatic rings. The van der Waals surface area contributed by atoms with Gasteiger partial charge < -0.3 is 4.52 Å². The van der Waals surface area contributed by atoms with Gasteiger partial charge in [0.1, 0.15) is 0 Å². The third kappa shape index (κ3) is 3.46. The van der Waals surface area contributed by atoms with Crippen molar-refractivity contribution in [2.75, 3.05) is 6.54 Å². The molecule has 0 unspecified atom stereocenters. The van der Waals surface area contributed by atoms with E-state index in [-0.39, 0.29) is 6.04 Å². The lowest BCUT2D eigenvalue weighted by Crippen LogP contribution is -2.33. The second-order valence-electron chi connectivity index (χ2n) is 6.61. The van der Waals surface area contributed by atoms with E-state index < -0.39 is 0 Å². The van der Waals surface area contributed by atoms with Gasteiger partial charge >= 0.3 is 0 Å². The summed E-state index contributed by atoms with van der Waals surface area (Å²) in [6.45, 7) is 4.15. The molecule has 25 heavy (non-hydrogen) atoms. The molecule has 1 fully saturated rings. The number of benzene rings is 1. The Morgan fingerprint density at radius 3 is 2.92 bits per heavy atom. The molecule has 0 bridgehead atoms. The minimum atomic E-state index is 0.186. The lowest BCUT2D eigenvalue weighted by molar-refractivity contribution is 0.111. The molecule has 128 valence electrons. The molecule has 5 nitrogen and oxygen atoms in total. The van der Waals surface area contributed by atoms with Gasteiger partial charge in [-0.15, -0.1) is 0 Å². The summed E-state index contributed by atoms with van der Waals surface area (Å²) in [5, 5.41) is 4.17. The number of piperidine rings is 1. The van der Waals surface area contributed by atoms with Crippen LogP contribution in [0.4, 0.5) is 0 Å². The molecule has 1 aromatic carbocycles. The van der Waals surface area contributed by atoms with E-state index in [9.17, 15) is 0 Å². The summed E-state index contributed by atoms with van der Waals surface area (Å²) >= 11 is 0. The number of hydrogen-bond acceptors (Lipinski definition) is 5. The minimum Gasteiger partial charge on any atom is -0.337 e. The Morgan fingerprint density at radius 2 is 2.08 bits per heavy atom. The van der Waals surface area contributed by atoms with Crippen molar-refractivity contribution in [2.24, 2.45) is 0 Å². The molecule has 1 aliphatic rings. The largest absolute Gasteiger partial charge is 0.337 e. The van der Waals surface area contributed by atoms with Crippen molar-refractivity contribution in [1.82, 2.24) is 20.0 Å². The molecular formula is C20H22N4O. The minimum absolute atomic E-state index is 0.186. The molecule has 0 aliphatic carbocycles. The van der Waals surface area contributed by atoms with E-state index in [1.54, 1.807) is 12.4 Å². The van der Waals surface area contributed by atoms with Crippen molar-refractivity contribution in [2.45, 2.75) is 38.8 Å². The summed E-state index contributed by atoms with van der Waals surface area (Å²) in [4.78, 5) is 11.3. The number of hydrogen-bond donors (Lipinski definition) is 0. The molecule has 0 N–H and O–H groups in total. The summed E-state index contributed by atoms with van der Waals surface area (Å²) in [5.74, 6) is 1.33. The van der Waals surface area contributed by atoms with Gasteiger partial charge in [0.2, 0.25) is 11.7 Å². The molecule has 0 saturated carbocycles. The number of aromatic nitrogens is 3. The Kier molecular flexibility index (Phi) is 4.57. The van der Waals surface area contributed by atoms with Crippen LogP contribution in [0.5, 0.6) is 0 Å². The monoisotopic (exact) mass is 334 g/mol. The highest BCUT2D eigenvalue weighted by Gasteiger charge is 2.29. The molecule has 0 radical (unpaired) electrons. The average molecular weight is 334 g/mol. The number of aryl methyl sites for hydroxylation is 1. The first kappa shape index (κ1) is 16.0. The SMILES string of the molecule is Cc1ccccc1CN1CCCC[C@H]1c1nc(-c2cccnc2)no1. The Labute approximate surface area is 147 Å².